The largest absolute Gasteiger partial charge is 0.355 e. The molecule has 1 atom stereocenters. The van der Waals surface area contributed by atoms with Gasteiger partial charge in [-0.3, -0.25) is 9.59 Å². The molecule has 10 nitrogen and oxygen atoms in total. The number of thiophene rings is 1. The molecule has 2 fully saturated rings. The number of hydrogen-bond donors (Lipinski definition) is 2. The second-order valence-corrected chi connectivity index (χ2v) is 12.7. The van der Waals surface area contributed by atoms with E-state index in [2.05, 4.69) is 15.2 Å². The van der Waals surface area contributed by atoms with Gasteiger partial charge in [0, 0.05) is 57.3 Å². The number of amides is 2. The van der Waals surface area contributed by atoms with Crippen LogP contribution in [0.2, 0.25) is 4.34 Å². The quantitative estimate of drug-likeness (QED) is 0.422. The summed E-state index contributed by atoms with van der Waals surface area (Å²) in [6.07, 6.45) is 1.17. The number of aromatic nitrogens is 1. The molecule has 0 aliphatic carbocycles. The lowest BCUT2D eigenvalue weighted by molar-refractivity contribution is -0.133. The van der Waals surface area contributed by atoms with E-state index in [1.807, 2.05) is 6.07 Å². The molecule has 2 N–H and O–H groups in total. The van der Waals surface area contributed by atoms with Crippen molar-refractivity contribution in [3.8, 4) is 10.6 Å². The fourth-order valence-electron chi connectivity index (χ4n) is 4.81. The molecule has 0 spiro atoms. The summed E-state index contributed by atoms with van der Waals surface area (Å²) in [5, 5.41) is 7.29. The Bertz CT molecular complexity index is 1450. The van der Waals surface area contributed by atoms with Gasteiger partial charge in [-0.1, -0.05) is 22.8 Å². The summed E-state index contributed by atoms with van der Waals surface area (Å²) in [7, 11) is -4.13. The van der Waals surface area contributed by atoms with Crippen molar-refractivity contribution < 1.29 is 22.5 Å². The highest BCUT2D eigenvalue weighted by Crippen LogP contribution is 2.32. The van der Waals surface area contributed by atoms with E-state index in [9.17, 15) is 18.0 Å². The number of nitrogens with one attached hydrogen (secondary N) is 2. The standard InChI is InChI=1S/C25H28ClN5O5S2/c1-16-19(31-11-3-6-24(31)32)4-2-5-22(16)38(34,35)29-18(25(33)30-12-9-27-10-13-30)14-17-15-20(36-28-17)21-7-8-23(26)37-21/h2,4-5,7-8,15,18,27,29H,3,6,9-14H2,1H3. The zero-order chi connectivity index (χ0) is 26.9. The molecule has 0 bridgehead atoms. The van der Waals surface area contributed by atoms with Crippen LogP contribution in [0.25, 0.3) is 10.6 Å². The molecule has 13 heteroatoms. The smallest absolute Gasteiger partial charge is 0.241 e. The van der Waals surface area contributed by atoms with Crippen LogP contribution in [-0.4, -0.2) is 69.1 Å². The zero-order valence-corrected chi connectivity index (χ0v) is 23.2. The van der Waals surface area contributed by atoms with Crippen molar-refractivity contribution >= 4 is 50.5 Å². The first kappa shape index (κ1) is 26.8. The molecular weight excluding hydrogens is 550 g/mol. The van der Waals surface area contributed by atoms with Crippen LogP contribution in [0.4, 0.5) is 5.69 Å². The molecule has 4 heterocycles. The lowest BCUT2D eigenvalue weighted by Crippen LogP contribution is -2.54. The van der Waals surface area contributed by atoms with Crippen molar-refractivity contribution in [1.82, 2.24) is 20.1 Å². The van der Waals surface area contributed by atoms with E-state index in [1.54, 1.807) is 41.0 Å². The monoisotopic (exact) mass is 577 g/mol. The van der Waals surface area contributed by atoms with E-state index in [0.717, 1.165) is 11.3 Å². The van der Waals surface area contributed by atoms with Gasteiger partial charge in [0.15, 0.2) is 5.76 Å². The number of carbonyl (C=O) groups is 2. The summed E-state index contributed by atoms with van der Waals surface area (Å²) in [5.41, 5.74) is 1.46. The number of hydrogen-bond acceptors (Lipinski definition) is 8. The van der Waals surface area contributed by atoms with Crippen LogP contribution in [0, 0.1) is 6.92 Å². The van der Waals surface area contributed by atoms with Crippen LogP contribution in [0.5, 0.6) is 0 Å². The van der Waals surface area contributed by atoms with Gasteiger partial charge in [-0.05, 0) is 43.2 Å². The van der Waals surface area contributed by atoms with E-state index < -0.39 is 16.1 Å². The molecule has 0 saturated carbocycles. The Morgan fingerprint density at radius 2 is 2.03 bits per heavy atom. The molecule has 1 aromatic carbocycles. The van der Waals surface area contributed by atoms with Gasteiger partial charge in [-0.15, -0.1) is 11.3 Å². The number of nitrogens with zero attached hydrogens (tertiary/aromatic N) is 3. The highest BCUT2D eigenvalue weighted by atomic mass is 35.5. The maximum absolute atomic E-state index is 13.7. The van der Waals surface area contributed by atoms with E-state index in [0.29, 0.717) is 66.2 Å². The summed E-state index contributed by atoms with van der Waals surface area (Å²) < 4.78 is 36.0. The molecule has 2 saturated heterocycles. The summed E-state index contributed by atoms with van der Waals surface area (Å²) in [6.45, 7) is 4.43. The van der Waals surface area contributed by atoms with Crippen molar-refractivity contribution in [3.63, 3.8) is 0 Å². The van der Waals surface area contributed by atoms with Crippen LogP contribution in [0.15, 0.2) is 45.8 Å². The molecule has 2 aliphatic rings. The molecule has 0 radical (unpaired) electrons. The number of piperazine rings is 1. The van der Waals surface area contributed by atoms with Gasteiger partial charge in [0.1, 0.15) is 6.04 Å². The van der Waals surface area contributed by atoms with Crippen molar-refractivity contribution in [1.29, 1.82) is 0 Å². The number of anilines is 1. The first-order valence-corrected chi connectivity index (χ1v) is 15.0. The molecule has 202 valence electrons. The minimum absolute atomic E-state index is 0.00789. The summed E-state index contributed by atoms with van der Waals surface area (Å²) >= 11 is 7.37. The van der Waals surface area contributed by atoms with Gasteiger partial charge >= 0.3 is 0 Å². The van der Waals surface area contributed by atoms with Crippen LogP contribution in [0.1, 0.15) is 24.1 Å². The van der Waals surface area contributed by atoms with Crippen LogP contribution < -0.4 is 14.9 Å². The summed E-state index contributed by atoms with van der Waals surface area (Å²) in [4.78, 5) is 29.9. The summed E-state index contributed by atoms with van der Waals surface area (Å²) in [6, 6.07) is 9.01. The SMILES string of the molecule is Cc1c(N2CCCC2=O)cccc1S(=O)(=O)NC(Cc1cc(-c2ccc(Cl)s2)on1)C(=O)N1CCNCC1. The van der Waals surface area contributed by atoms with Crippen LogP contribution in [-0.2, 0) is 26.0 Å². The number of halogens is 1. The van der Waals surface area contributed by atoms with Crippen molar-refractivity contribution in [3.05, 3.63) is 52.0 Å². The first-order chi connectivity index (χ1) is 18.2. The number of carbonyl (C=O) groups excluding carboxylic acids is 2. The third-order valence-electron chi connectivity index (χ3n) is 6.72. The Morgan fingerprint density at radius 1 is 1.24 bits per heavy atom. The van der Waals surface area contributed by atoms with Gasteiger partial charge in [-0.25, -0.2) is 8.42 Å². The van der Waals surface area contributed by atoms with Crippen LogP contribution >= 0.6 is 22.9 Å². The topological polar surface area (TPSA) is 125 Å². The lowest BCUT2D eigenvalue weighted by atomic mass is 10.1. The molecule has 38 heavy (non-hydrogen) atoms. The Morgan fingerprint density at radius 3 is 2.71 bits per heavy atom. The molecule has 1 unspecified atom stereocenters. The highest BCUT2D eigenvalue weighted by molar-refractivity contribution is 7.89. The second kappa shape index (κ2) is 11.1. The molecule has 3 aromatic rings. The minimum atomic E-state index is -4.13. The minimum Gasteiger partial charge on any atom is -0.355 e. The highest BCUT2D eigenvalue weighted by Gasteiger charge is 2.33. The van der Waals surface area contributed by atoms with Gasteiger partial charge in [0.2, 0.25) is 21.8 Å². The van der Waals surface area contributed by atoms with Gasteiger partial charge < -0.3 is 19.6 Å². The Balaban J connectivity index is 1.43. The Hall–Kier alpha value is -2.77. The molecule has 2 aliphatic heterocycles. The van der Waals surface area contributed by atoms with E-state index in [-0.39, 0.29) is 23.1 Å². The van der Waals surface area contributed by atoms with E-state index in [4.69, 9.17) is 16.1 Å². The first-order valence-electron chi connectivity index (χ1n) is 12.4. The molecule has 2 amide bonds. The average Bonchev–Trinajstić information content (AvgIpc) is 3.65. The van der Waals surface area contributed by atoms with Gasteiger partial charge in [0.05, 0.1) is 19.8 Å². The molecular formula is C25H28ClN5O5S2. The van der Waals surface area contributed by atoms with E-state index in [1.165, 1.54) is 17.4 Å². The molecule has 2 aromatic heterocycles. The van der Waals surface area contributed by atoms with E-state index >= 15 is 0 Å². The Kier molecular flexibility index (Phi) is 7.87. The van der Waals surface area contributed by atoms with Crippen molar-refractivity contribution in [2.24, 2.45) is 0 Å². The predicted octanol–water partition coefficient (Wildman–Crippen LogP) is 2.81. The maximum Gasteiger partial charge on any atom is 0.241 e. The molecule has 5 rings (SSSR count). The van der Waals surface area contributed by atoms with Gasteiger partial charge in [-0.2, -0.15) is 4.72 Å². The fraction of sp³-hybridized carbons (Fsp3) is 0.400. The van der Waals surface area contributed by atoms with Crippen LogP contribution in [0.3, 0.4) is 0 Å². The third kappa shape index (κ3) is 5.64. The number of benzene rings is 1. The number of rotatable bonds is 8. The second-order valence-electron chi connectivity index (χ2n) is 9.29. The normalized spacial score (nSPS) is 17.3. The van der Waals surface area contributed by atoms with Gasteiger partial charge in [0.25, 0.3) is 0 Å². The van der Waals surface area contributed by atoms with Crippen molar-refractivity contribution in [2.45, 2.75) is 37.1 Å². The Labute approximate surface area is 230 Å². The fourth-order valence-corrected chi connectivity index (χ4v) is 7.25. The third-order valence-corrected chi connectivity index (χ3v) is 9.58. The zero-order valence-electron chi connectivity index (χ0n) is 20.8. The number of sulfonamides is 1. The maximum atomic E-state index is 13.7. The summed E-state index contributed by atoms with van der Waals surface area (Å²) in [5.74, 6) is 0.130. The van der Waals surface area contributed by atoms with Crippen molar-refractivity contribution in [2.75, 3.05) is 37.6 Å². The lowest BCUT2D eigenvalue weighted by Gasteiger charge is -2.31. The average molecular weight is 578 g/mol. The predicted molar refractivity (Wildman–Crippen MR) is 145 cm³/mol.